The van der Waals surface area contributed by atoms with Gasteiger partial charge < -0.3 is 10.0 Å². The summed E-state index contributed by atoms with van der Waals surface area (Å²) in [6.45, 7) is 0.748. The fraction of sp³-hybridized carbons (Fsp3) is 0.286. The minimum absolute atomic E-state index is 0.154. The molecule has 0 saturated carbocycles. The zero-order valence-electron chi connectivity index (χ0n) is 11.1. The summed E-state index contributed by atoms with van der Waals surface area (Å²) in [6, 6.07) is 5.52. The molecule has 21 heavy (non-hydrogen) atoms. The van der Waals surface area contributed by atoms with E-state index < -0.39 is 11.9 Å². The Hall–Kier alpha value is -2.28. The Kier molecular flexibility index (Phi) is 3.66. The number of rotatable bonds is 3. The minimum Gasteiger partial charge on any atom is -0.481 e. The number of carboxylic acid groups (broad SMARTS) is 1. The second-order valence-electron chi connectivity index (χ2n) is 4.82. The summed E-state index contributed by atoms with van der Waals surface area (Å²) in [4.78, 5) is 33.8. The van der Waals surface area contributed by atoms with Gasteiger partial charge in [-0.3, -0.25) is 14.6 Å². The van der Waals surface area contributed by atoms with Crippen molar-refractivity contribution in [1.82, 2.24) is 14.9 Å². The molecule has 0 unspecified atom stereocenters. The Labute approximate surface area is 125 Å². The number of amides is 1. The number of hydrogen-bond donors (Lipinski definition) is 1. The maximum absolute atomic E-state index is 12.3. The van der Waals surface area contributed by atoms with Crippen molar-refractivity contribution in [3.8, 4) is 10.7 Å². The average Bonchev–Trinajstić information content (AvgIpc) is 3.17. The Balaban J connectivity index is 1.75. The number of pyridine rings is 1. The summed E-state index contributed by atoms with van der Waals surface area (Å²) in [5.41, 5.74) is 0.728. The van der Waals surface area contributed by atoms with Crippen LogP contribution in [-0.4, -0.2) is 44.9 Å². The van der Waals surface area contributed by atoms with E-state index in [1.165, 1.54) is 17.5 Å². The zero-order valence-corrected chi connectivity index (χ0v) is 11.9. The largest absolute Gasteiger partial charge is 0.481 e. The quantitative estimate of drug-likeness (QED) is 0.934. The molecule has 1 atom stereocenters. The van der Waals surface area contributed by atoms with Gasteiger partial charge in [0.15, 0.2) is 0 Å². The highest BCUT2D eigenvalue weighted by molar-refractivity contribution is 7.16. The van der Waals surface area contributed by atoms with Crippen LogP contribution in [0, 0.1) is 5.92 Å². The van der Waals surface area contributed by atoms with E-state index in [-0.39, 0.29) is 12.5 Å². The SMILES string of the molecule is O=C(O)[C@H]1CCN(C(=O)c2cnc(-c3ccccn3)s2)C1. The number of carboxylic acids is 1. The van der Waals surface area contributed by atoms with Crippen LogP contribution in [0.3, 0.4) is 0 Å². The molecular weight excluding hydrogens is 290 g/mol. The van der Waals surface area contributed by atoms with E-state index in [9.17, 15) is 9.59 Å². The van der Waals surface area contributed by atoms with Gasteiger partial charge in [0.05, 0.1) is 17.8 Å². The van der Waals surface area contributed by atoms with Gasteiger partial charge in [0.1, 0.15) is 9.88 Å². The molecule has 7 heteroatoms. The highest BCUT2D eigenvalue weighted by atomic mass is 32.1. The van der Waals surface area contributed by atoms with Gasteiger partial charge in [-0.2, -0.15) is 0 Å². The standard InChI is InChI=1S/C14H13N3O3S/c18-13(17-6-4-9(8-17)14(19)20)11-7-16-12(21-11)10-3-1-2-5-15-10/h1-3,5,7,9H,4,6,8H2,(H,19,20)/t9-/m0/s1. The van der Waals surface area contributed by atoms with Crippen LogP contribution in [0.5, 0.6) is 0 Å². The van der Waals surface area contributed by atoms with Crippen LogP contribution in [0.15, 0.2) is 30.6 Å². The van der Waals surface area contributed by atoms with Gasteiger partial charge in [-0.15, -0.1) is 11.3 Å². The van der Waals surface area contributed by atoms with Crippen molar-refractivity contribution in [2.24, 2.45) is 5.92 Å². The molecule has 3 rings (SSSR count). The van der Waals surface area contributed by atoms with Gasteiger partial charge in [0, 0.05) is 19.3 Å². The van der Waals surface area contributed by atoms with Crippen molar-refractivity contribution in [3.05, 3.63) is 35.5 Å². The normalized spacial score (nSPS) is 17.9. The van der Waals surface area contributed by atoms with Gasteiger partial charge >= 0.3 is 5.97 Å². The monoisotopic (exact) mass is 303 g/mol. The zero-order chi connectivity index (χ0) is 14.8. The fourth-order valence-corrected chi connectivity index (χ4v) is 3.14. The van der Waals surface area contributed by atoms with Crippen LogP contribution in [0.25, 0.3) is 10.7 Å². The second-order valence-corrected chi connectivity index (χ2v) is 5.85. The third-order valence-corrected chi connectivity index (χ3v) is 4.43. The van der Waals surface area contributed by atoms with Gasteiger partial charge in [-0.1, -0.05) is 6.07 Å². The van der Waals surface area contributed by atoms with Crippen LogP contribution in [-0.2, 0) is 4.79 Å². The third-order valence-electron chi connectivity index (χ3n) is 3.43. The summed E-state index contributed by atoms with van der Waals surface area (Å²) in [7, 11) is 0. The molecule has 2 aromatic heterocycles. The molecule has 6 nitrogen and oxygen atoms in total. The molecule has 2 aromatic rings. The number of aliphatic carboxylic acids is 1. The molecule has 0 aromatic carbocycles. The maximum atomic E-state index is 12.3. The molecule has 1 fully saturated rings. The van der Waals surface area contributed by atoms with Crippen molar-refractivity contribution in [1.29, 1.82) is 0 Å². The molecular formula is C14H13N3O3S. The van der Waals surface area contributed by atoms with Crippen molar-refractivity contribution in [2.75, 3.05) is 13.1 Å². The number of aromatic nitrogens is 2. The lowest BCUT2D eigenvalue weighted by Gasteiger charge is -2.13. The van der Waals surface area contributed by atoms with Crippen LogP contribution in [0.1, 0.15) is 16.1 Å². The molecule has 0 bridgehead atoms. The lowest BCUT2D eigenvalue weighted by atomic mass is 10.1. The molecule has 0 aliphatic carbocycles. The van der Waals surface area contributed by atoms with Crippen molar-refractivity contribution in [3.63, 3.8) is 0 Å². The first-order chi connectivity index (χ1) is 10.1. The van der Waals surface area contributed by atoms with E-state index >= 15 is 0 Å². The number of thiazole rings is 1. The Bertz CT molecular complexity index is 671. The number of carbonyl (C=O) groups excluding carboxylic acids is 1. The van der Waals surface area contributed by atoms with E-state index in [0.29, 0.717) is 22.9 Å². The smallest absolute Gasteiger partial charge is 0.308 e. The predicted octanol–water partition coefficient (Wildman–Crippen LogP) is 1.75. The van der Waals surface area contributed by atoms with E-state index in [0.717, 1.165) is 5.69 Å². The highest BCUT2D eigenvalue weighted by Gasteiger charge is 2.32. The van der Waals surface area contributed by atoms with E-state index in [1.54, 1.807) is 11.1 Å². The molecule has 1 aliphatic heterocycles. The van der Waals surface area contributed by atoms with Crippen LogP contribution in [0.4, 0.5) is 0 Å². The first-order valence-electron chi connectivity index (χ1n) is 6.54. The van der Waals surface area contributed by atoms with Gasteiger partial charge in [-0.05, 0) is 18.6 Å². The first kappa shape index (κ1) is 13.7. The summed E-state index contributed by atoms with van der Waals surface area (Å²) in [5.74, 6) is -1.46. The topological polar surface area (TPSA) is 83.4 Å². The summed E-state index contributed by atoms with van der Waals surface area (Å²) < 4.78 is 0. The second kappa shape index (κ2) is 5.61. The first-order valence-corrected chi connectivity index (χ1v) is 7.36. The van der Waals surface area contributed by atoms with E-state index in [1.807, 2.05) is 18.2 Å². The van der Waals surface area contributed by atoms with Crippen molar-refractivity contribution in [2.45, 2.75) is 6.42 Å². The number of hydrogen-bond acceptors (Lipinski definition) is 5. The van der Waals surface area contributed by atoms with E-state index in [2.05, 4.69) is 9.97 Å². The molecule has 1 saturated heterocycles. The molecule has 0 spiro atoms. The van der Waals surface area contributed by atoms with Gasteiger partial charge in [0.2, 0.25) is 0 Å². The summed E-state index contributed by atoms with van der Waals surface area (Å²) in [6.07, 6.45) is 3.72. The van der Waals surface area contributed by atoms with Crippen LogP contribution in [0.2, 0.25) is 0 Å². The molecule has 0 radical (unpaired) electrons. The molecule has 1 amide bonds. The van der Waals surface area contributed by atoms with Crippen LogP contribution < -0.4 is 0 Å². The Morgan fingerprint density at radius 1 is 1.33 bits per heavy atom. The average molecular weight is 303 g/mol. The molecule has 1 aliphatic rings. The number of carbonyl (C=O) groups is 2. The lowest BCUT2D eigenvalue weighted by molar-refractivity contribution is -0.141. The number of nitrogens with zero attached hydrogens (tertiary/aromatic N) is 3. The molecule has 108 valence electrons. The predicted molar refractivity (Wildman–Crippen MR) is 77.0 cm³/mol. The summed E-state index contributed by atoms with van der Waals surface area (Å²) >= 11 is 1.28. The van der Waals surface area contributed by atoms with Gasteiger partial charge in [-0.25, -0.2) is 4.98 Å². The summed E-state index contributed by atoms with van der Waals surface area (Å²) in [5, 5.41) is 9.67. The van der Waals surface area contributed by atoms with Crippen molar-refractivity contribution >= 4 is 23.2 Å². The highest BCUT2D eigenvalue weighted by Crippen LogP contribution is 2.26. The lowest BCUT2D eigenvalue weighted by Crippen LogP contribution is -2.29. The molecule has 3 heterocycles. The fourth-order valence-electron chi connectivity index (χ4n) is 2.28. The van der Waals surface area contributed by atoms with Gasteiger partial charge in [0.25, 0.3) is 5.91 Å². The van der Waals surface area contributed by atoms with Crippen molar-refractivity contribution < 1.29 is 14.7 Å². The van der Waals surface area contributed by atoms with Crippen LogP contribution >= 0.6 is 11.3 Å². The maximum Gasteiger partial charge on any atom is 0.308 e. The minimum atomic E-state index is -0.844. The Morgan fingerprint density at radius 2 is 2.19 bits per heavy atom. The third kappa shape index (κ3) is 2.78. The Morgan fingerprint density at radius 3 is 2.86 bits per heavy atom. The van der Waals surface area contributed by atoms with E-state index in [4.69, 9.17) is 5.11 Å². The molecule has 1 N–H and O–H groups in total. The number of likely N-dealkylation sites (tertiary alicyclic amines) is 1.